The quantitative estimate of drug-likeness (QED) is 0.526. The van der Waals surface area contributed by atoms with E-state index in [4.69, 9.17) is 0 Å². The summed E-state index contributed by atoms with van der Waals surface area (Å²) in [5, 5.41) is 0. The largest absolute Gasteiger partial charge is 0.247 e. The Balaban J connectivity index is 2.05. The van der Waals surface area contributed by atoms with E-state index in [1.54, 1.807) is 0 Å². The normalized spacial score (nSPS) is 34.5. The molecule has 1 heterocycles. The van der Waals surface area contributed by atoms with Gasteiger partial charge in [-0.1, -0.05) is 13.8 Å². The molecule has 1 nitrogen and oxygen atoms in total. The summed E-state index contributed by atoms with van der Waals surface area (Å²) in [7, 11) is 0. The van der Waals surface area contributed by atoms with Crippen LogP contribution in [-0.4, -0.2) is 16.2 Å². The van der Waals surface area contributed by atoms with Gasteiger partial charge in [-0.2, -0.15) is 0 Å². The minimum Gasteiger partial charge on any atom is -0.247 e. The predicted octanol–water partition coefficient (Wildman–Crippen LogP) is 3.09. The molecule has 12 heavy (non-hydrogen) atoms. The van der Waals surface area contributed by atoms with Crippen LogP contribution in [0.3, 0.4) is 0 Å². The number of hydrogen-bond acceptors (Lipinski definition) is 1. The number of halogens is 1. The van der Waals surface area contributed by atoms with Crippen LogP contribution in [0.15, 0.2) is 0 Å². The summed E-state index contributed by atoms with van der Waals surface area (Å²) < 4.78 is 2.49. The van der Waals surface area contributed by atoms with E-state index >= 15 is 0 Å². The molecule has 2 aliphatic rings. The second-order valence-corrected chi connectivity index (χ2v) is 6.21. The molecule has 0 amide bonds. The van der Waals surface area contributed by atoms with Crippen LogP contribution in [0.4, 0.5) is 0 Å². The fourth-order valence-electron chi connectivity index (χ4n) is 2.85. The summed E-state index contributed by atoms with van der Waals surface area (Å²) >= 11 is 2.49. The Kier molecular flexibility index (Phi) is 2.41. The summed E-state index contributed by atoms with van der Waals surface area (Å²) in [6.45, 7) is 7.46. The third-order valence-corrected chi connectivity index (χ3v) is 4.48. The van der Waals surface area contributed by atoms with Crippen LogP contribution < -0.4 is 0 Å². The highest BCUT2D eigenvalue weighted by molar-refractivity contribution is 14.1. The van der Waals surface area contributed by atoms with E-state index in [1.165, 1.54) is 32.4 Å². The first kappa shape index (κ1) is 9.25. The standard InChI is InChI=1S/C10H18IN/c1-8(2)9-3-6-12(11)7-10(9)4-5-10/h8-9H,3-7H2,1-2H3/t9-/m0/s1. The van der Waals surface area contributed by atoms with Crippen LogP contribution >= 0.6 is 22.9 Å². The van der Waals surface area contributed by atoms with Gasteiger partial charge in [0.25, 0.3) is 0 Å². The van der Waals surface area contributed by atoms with Crippen molar-refractivity contribution in [1.82, 2.24) is 3.11 Å². The Morgan fingerprint density at radius 3 is 2.58 bits per heavy atom. The second kappa shape index (κ2) is 3.12. The van der Waals surface area contributed by atoms with Crippen LogP contribution in [-0.2, 0) is 0 Å². The van der Waals surface area contributed by atoms with Crippen molar-refractivity contribution in [3.63, 3.8) is 0 Å². The molecule has 2 fully saturated rings. The maximum Gasteiger partial charge on any atom is 0.0201 e. The lowest BCUT2D eigenvalue weighted by atomic mass is 9.76. The molecular formula is C10H18IN. The number of nitrogens with zero attached hydrogens (tertiary/aromatic N) is 1. The van der Waals surface area contributed by atoms with Crippen LogP contribution in [0.2, 0.25) is 0 Å². The molecule has 0 N–H and O–H groups in total. The molecular weight excluding hydrogens is 261 g/mol. The van der Waals surface area contributed by atoms with Crippen molar-refractivity contribution in [3.05, 3.63) is 0 Å². The fraction of sp³-hybridized carbons (Fsp3) is 1.00. The predicted molar refractivity (Wildman–Crippen MR) is 60.2 cm³/mol. The maximum atomic E-state index is 2.49. The lowest BCUT2D eigenvalue weighted by molar-refractivity contribution is 0.139. The van der Waals surface area contributed by atoms with Crippen molar-refractivity contribution >= 4 is 22.9 Å². The smallest absolute Gasteiger partial charge is 0.0201 e. The highest BCUT2D eigenvalue weighted by Crippen LogP contribution is 2.58. The first-order chi connectivity index (χ1) is 5.64. The van der Waals surface area contributed by atoms with Gasteiger partial charge in [-0.25, -0.2) is 3.11 Å². The third-order valence-electron chi connectivity index (χ3n) is 3.65. The molecule has 1 atom stereocenters. The molecule has 70 valence electrons. The molecule has 1 aliphatic heterocycles. The van der Waals surface area contributed by atoms with E-state index in [-0.39, 0.29) is 0 Å². The van der Waals surface area contributed by atoms with E-state index in [1.807, 2.05) is 0 Å². The van der Waals surface area contributed by atoms with Crippen molar-refractivity contribution in [2.45, 2.75) is 33.1 Å². The fourth-order valence-corrected chi connectivity index (χ4v) is 3.81. The molecule has 1 spiro atoms. The Bertz CT molecular complexity index is 175. The average Bonchev–Trinajstić information content (AvgIpc) is 2.68. The molecule has 0 aromatic rings. The van der Waals surface area contributed by atoms with Gasteiger partial charge in [-0.05, 0) is 36.5 Å². The molecule has 1 saturated heterocycles. The van der Waals surface area contributed by atoms with E-state index < -0.39 is 0 Å². The zero-order valence-corrected chi connectivity index (χ0v) is 10.2. The lowest BCUT2D eigenvalue weighted by Gasteiger charge is -2.38. The Hall–Kier alpha value is 0.690. The van der Waals surface area contributed by atoms with Crippen molar-refractivity contribution in [1.29, 1.82) is 0 Å². The first-order valence-electron chi connectivity index (χ1n) is 5.05. The molecule has 2 heteroatoms. The van der Waals surface area contributed by atoms with E-state index in [0.29, 0.717) is 0 Å². The van der Waals surface area contributed by atoms with Gasteiger partial charge in [0.2, 0.25) is 0 Å². The minimum absolute atomic E-state index is 0.758. The molecule has 0 unspecified atom stereocenters. The molecule has 0 bridgehead atoms. The first-order valence-corrected chi connectivity index (χ1v) is 6.01. The van der Waals surface area contributed by atoms with E-state index in [9.17, 15) is 0 Å². The van der Waals surface area contributed by atoms with Gasteiger partial charge in [0.05, 0.1) is 0 Å². The van der Waals surface area contributed by atoms with Gasteiger partial charge in [-0.15, -0.1) is 0 Å². The second-order valence-electron chi connectivity index (χ2n) is 4.85. The summed E-state index contributed by atoms with van der Waals surface area (Å²) in [5.74, 6) is 1.92. The molecule has 1 saturated carbocycles. The topological polar surface area (TPSA) is 3.24 Å². The Morgan fingerprint density at radius 1 is 1.42 bits per heavy atom. The maximum absolute atomic E-state index is 2.49. The zero-order valence-electron chi connectivity index (χ0n) is 8.02. The van der Waals surface area contributed by atoms with Gasteiger partial charge >= 0.3 is 0 Å². The van der Waals surface area contributed by atoms with Crippen LogP contribution in [0.5, 0.6) is 0 Å². The summed E-state index contributed by atoms with van der Waals surface area (Å²) in [6, 6.07) is 0. The molecule has 0 aromatic carbocycles. The Morgan fingerprint density at radius 2 is 2.08 bits per heavy atom. The molecule has 2 rings (SSSR count). The van der Waals surface area contributed by atoms with Gasteiger partial charge < -0.3 is 0 Å². The average molecular weight is 279 g/mol. The number of rotatable bonds is 1. The van der Waals surface area contributed by atoms with E-state index in [2.05, 4.69) is 39.8 Å². The molecule has 0 aromatic heterocycles. The van der Waals surface area contributed by atoms with Gasteiger partial charge in [0.15, 0.2) is 0 Å². The van der Waals surface area contributed by atoms with E-state index in [0.717, 1.165) is 17.3 Å². The summed E-state index contributed by atoms with van der Waals surface area (Å²) in [6.07, 6.45) is 4.42. The number of hydrogen-bond donors (Lipinski definition) is 0. The Labute approximate surface area is 89.4 Å². The molecule has 1 aliphatic carbocycles. The van der Waals surface area contributed by atoms with Gasteiger partial charge in [0.1, 0.15) is 0 Å². The number of piperidine rings is 1. The van der Waals surface area contributed by atoms with Crippen LogP contribution in [0.1, 0.15) is 33.1 Å². The lowest BCUT2D eigenvalue weighted by Crippen LogP contribution is -2.38. The monoisotopic (exact) mass is 279 g/mol. The van der Waals surface area contributed by atoms with Crippen molar-refractivity contribution < 1.29 is 0 Å². The zero-order chi connectivity index (χ0) is 8.77. The molecule has 0 radical (unpaired) electrons. The van der Waals surface area contributed by atoms with Crippen LogP contribution in [0.25, 0.3) is 0 Å². The van der Waals surface area contributed by atoms with Gasteiger partial charge in [-0.3, -0.25) is 0 Å². The highest BCUT2D eigenvalue weighted by atomic mass is 127. The van der Waals surface area contributed by atoms with Crippen molar-refractivity contribution in [2.24, 2.45) is 17.3 Å². The van der Waals surface area contributed by atoms with Crippen LogP contribution in [0, 0.1) is 17.3 Å². The van der Waals surface area contributed by atoms with Crippen molar-refractivity contribution in [3.8, 4) is 0 Å². The minimum atomic E-state index is 0.758. The highest BCUT2D eigenvalue weighted by Gasteiger charge is 2.52. The van der Waals surface area contributed by atoms with Crippen molar-refractivity contribution in [2.75, 3.05) is 13.1 Å². The summed E-state index contributed by atoms with van der Waals surface area (Å²) in [5.41, 5.74) is 0.758. The SMILES string of the molecule is CC(C)[C@@H]1CCN(I)CC12CC2. The third kappa shape index (κ3) is 1.52. The van der Waals surface area contributed by atoms with Gasteiger partial charge in [0, 0.05) is 36.0 Å². The summed E-state index contributed by atoms with van der Waals surface area (Å²) in [4.78, 5) is 0.